The second kappa shape index (κ2) is 4.83. The van der Waals surface area contributed by atoms with Crippen LogP contribution in [-0.2, 0) is 0 Å². The molecule has 1 aromatic carbocycles. The summed E-state index contributed by atoms with van der Waals surface area (Å²) < 4.78 is 0. The van der Waals surface area contributed by atoms with E-state index in [0.717, 1.165) is 12.2 Å². The van der Waals surface area contributed by atoms with Crippen molar-refractivity contribution in [2.24, 2.45) is 0 Å². The maximum atomic E-state index is 10.8. The van der Waals surface area contributed by atoms with Gasteiger partial charge < -0.3 is 10.2 Å². The summed E-state index contributed by atoms with van der Waals surface area (Å²) >= 11 is 0. The molecule has 1 aliphatic rings. The van der Waals surface area contributed by atoms with Gasteiger partial charge in [-0.25, -0.2) is 0 Å². The van der Waals surface area contributed by atoms with Gasteiger partial charge in [0.2, 0.25) is 0 Å². The Kier molecular flexibility index (Phi) is 3.35. The standard InChI is InChI=1S/C12H10N2O6/c15-12(16)5-4-9(7-11(12)14(19)20)8-2-1-3-10(6-8)13(17)18/h1-7,9,15-16H. The number of benzene rings is 1. The van der Waals surface area contributed by atoms with Gasteiger partial charge in [0.15, 0.2) is 0 Å². The predicted molar refractivity (Wildman–Crippen MR) is 67.2 cm³/mol. The number of hydrogen-bond acceptors (Lipinski definition) is 6. The van der Waals surface area contributed by atoms with Crippen LogP contribution in [-0.4, -0.2) is 25.8 Å². The molecule has 0 saturated carbocycles. The van der Waals surface area contributed by atoms with Gasteiger partial charge in [-0.2, -0.15) is 0 Å². The molecule has 0 heterocycles. The molecule has 0 fully saturated rings. The van der Waals surface area contributed by atoms with Crippen molar-refractivity contribution in [2.75, 3.05) is 0 Å². The van der Waals surface area contributed by atoms with E-state index >= 15 is 0 Å². The van der Waals surface area contributed by atoms with Crippen LogP contribution in [0.15, 0.2) is 48.2 Å². The molecule has 2 N–H and O–H groups in total. The summed E-state index contributed by atoms with van der Waals surface area (Å²) in [5.74, 6) is -3.27. The lowest BCUT2D eigenvalue weighted by atomic mass is 9.91. The van der Waals surface area contributed by atoms with E-state index in [4.69, 9.17) is 0 Å². The first-order valence-electron chi connectivity index (χ1n) is 5.56. The second-order valence-corrected chi connectivity index (χ2v) is 4.27. The van der Waals surface area contributed by atoms with Gasteiger partial charge in [0.1, 0.15) is 0 Å². The topological polar surface area (TPSA) is 127 Å². The molecule has 0 radical (unpaired) electrons. The van der Waals surface area contributed by atoms with Crippen LogP contribution in [0.4, 0.5) is 5.69 Å². The lowest BCUT2D eigenvalue weighted by Gasteiger charge is -2.21. The average molecular weight is 278 g/mol. The Morgan fingerprint density at radius 2 is 1.85 bits per heavy atom. The summed E-state index contributed by atoms with van der Waals surface area (Å²) in [5.41, 5.74) is -0.474. The van der Waals surface area contributed by atoms with Gasteiger partial charge in [-0.3, -0.25) is 20.2 Å². The Morgan fingerprint density at radius 1 is 1.15 bits per heavy atom. The van der Waals surface area contributed by atoms with Crippen LogP contribution in [0.25, 0.3) is 0 Å². The smallest absolute Gasteiger partial charge is 0.306 e. The van der Waals surface area contributed by atoms with Crippen LogP contribution < -0.4 is 0 Å². The number of allylic oxidation sites excluding steroid dienone is 2. The van der Waals surface area contributed by atoms with Crippen LogP contribution in [0.2, 0.25) is 0 Å². The minimum Gasteiger partial charge on any atom is -0.354 e. The number of nitrogens with zero attached hydrogens (tertiary/aromatic N) is 2. The fourth-order valence-electron chi connectivity index (χ4n) is 1.92. The SMILES string of the molecule is O=[N+]([O-])C1=CC(c2cccc([N+](=O)[O-])c2)C=CC1(O)O. The van der Waals surface area contributed by atoms with Crippen LogP contribution in [0.1, 0.15) is 11.5 Å². The van der Waals surface area contributed by atoms with Crippen molar-refractivity contribution < 1.29 is 20.1 Å². The number of aliphatic hydroxyl groups is 2. The Hall–Kier alpha value is -2.58. The molecule has 0 amide bonds. The minimum absolute atomic E-state index is 0.142. The molecule has 8 nitrogen and oxygen atoms in total. The van der Waals surface area contributed by atoms with Crippen molar-refractivity contribution >= 4 is 5.69 Å². The number of rotatable bonds is 3. The molecule has 20 heavy (non-hydrogen) atoms. The molecule has 1 aromatic rings. The zero-order valence-corrected chi connectivity index (χ0v) is 10.0. The third-order valence-electron chi connectivity index (χ3n) is 2.91. The first-order chi connectivity index (χ1) is 9.31. The Bertz CT molecular complexity index is 635. The Labute approximate surface area is 112 Å². The molecule has 1 atom stereocenters. The van der Waals surface area contributed by atoms with E-state index in [-0.39, 0.29) is 5.69 Å². The molecule has 8 heteroatoms. The summed E-state index contributed by atoms with van der Waals surface area (Å²) in [5, 5.41) is 40.4. The van der Waals surface area contributed by atoms with Crippen LogP contribution in [0.3, 0.4) is 0 Å². The molecule has 0 saturated heterocycles. The second-order valence-electron chi connectivity index (χ2n) is 4.27. The van der Waals surface area contributed by atoms with E-state index in [2.05, 4.69) is 0 Å². The summed E-state index contributed by atoms with van der Waals surface area (Å²) in [6.45, 7) is 0. The van der Waals surface area contributed by atoms with E-state index in [1.165, 1.54) is 24.3 Å². The Balaban J connectivity index is 2.42. The van der Waals surface area contributed by atoms with E-state index in [1.807, 2.05) is 0 Å². The average Bonchev–Trinajstić information content (AvgIpc) is 2.38. The maximum absolute atomic E-state index is 10.8. The number of non-ortho nitro benzene ring substituents is 1. The van der Waals surface area contributed by atoms with E-state index in [9.17, 15) is 30.4 Å². The molecule has 0 bridgehead atoms. The van der Waals surface area contributed by atoms with Gasteiger partial charge in [-0.05, 0) is 11.6 Å². The molecule has 0 aliphatic heterocycles. The van der Waals surface area contributed by atoms with Crippen molar-refractivity contribution in [1.29, 1.82) is 0 Å². The van der Waals surface area contributed by atoms with Gasteiger partial charge in [-0.1, -0.05) is 18.2 Å². The lowest BCUT2D eigenvalue weighted by Crippen LogP contribution is -2.34. The van der Waals surface area contributed by atoms with Gasteiger partial charge in [0, 0.05) is 24.1 Å². The van der Waals surface area contributed by atoms with Crippen LogP contribution in [0, 0.1) is 20.2 Å². The van der Waals surface area contributed by atoms with Gasteiger partial charge in [0.05, 0.1) is 9.85 Å². The highest BCUT2D eigenvalue weighted by atomic mass is 16.6. The van der Waals surface area contributed by atoms with Crippen LogP contribution >= 0.6 is 0 Å². The fraction of sp³-hybridized carbons (Fsp3) is 0.167. The van der Waals surface area contributed by atoms with Crippen molar-refractivity contribution in [3.63, 3.8) is 0 Å². The summed E-state index contributed by atoms with van der Waals surface area (Å²) in [6, 6.07) is 5.61. The predicted octanol–water partition coefficient (Wildman–Crippen LogP) is 1.09. The summed E-state index contributed by atoms with van der Waals surface area (Å²) in [4.78, 5) is 20.0. The zero-order chi connectivity index (χ0) is 14.9. The quantitative estimate of drug-likeness (QED) is 0.369. The van der Waals surface area contributed by atoms with Crippen molar-refractivity contribution in [2.45, 2.75) is 11.7 Å². The molecular weight excluding hydrogens is 268 g/mol. The Morgan fingerprint density at radius 3 is 2.45 bits per heavy atom. The van der Waals surface area contributed by atoms with Crippen molar-refractivity contribution in [1.82, 2.24) is 0 Å². The largest absolute Gasteiger partial charge is 0.354 e. The van der Waals surface area contributed by atoms with Gasteiger partial charge in [-0.15, -0.1) is 0 Å². The number of nitro groups is 2. The van der Waals surface area contributed by atoms with E-state index in [0.29, 0.717) is 5.56 Å². The molecule has 1 unspecified atom stereocenters. The van der Waals surface area contributed by atoms with Crippen LogP contribution in [0.5, 0.6) is 0 Å². The number of hydrogen-bond donors (Lipinski definition) is 2. The number of nitro benzene ring substituents is 1. The van der Waals surface area contributed by atoms with Gasteiger partial charge >= 0.3 is 5.70 Å². The molecule has 1 aliphatic carbocycles. The fourth-order valence-corrected chi connectivity index (χ4v) is 1.92. The molecule has 0 spiro atoms. The first-order valence-corrected chi connectivity index (χ1v) is 5.56. The van der Waals surface area contributed by atoms with E-state index in [1.54, 1.807) is 6.07 Å². The first kappa shape index (κ1) is 13.8. The third-order valence-corrected chi connectivity index (χ3v) is 2.91. The van der Waals surface area contributed by atoms with Crippen molar-refractivity contribution in [3.8, 4) is 0 Å². The third kappa shape index (κ3) is 2.56. The van der Waals surface area contributed by atoms with Crippen molar-refractivity contribution in [3.05, 3.63) is 74.0 Å². The monoisotopic (exact) mass is 278 g/mol. The van der Waals surface area contributed by atoms with Gasteiger partial charge in [0.25, 0.3) is 11.5 Å². The normalized spacial score (nSPS) is 20.3. The lowest BCUT2D eigenvalue weighted by molar-refractivity contribution is -0.455. The zero-order valence-electron chi connectivity index (χ0n) is 10.0. The highest BCUT2D eigenvalue weighted by Crippen LogP contribution is 2.31. The summed E-state index contributed by atoms with van der Waals surface area (Å²) in [6.07, 6.45) is 3.28. The molecule has 2 rings (SSSR count). The summed E-state index contributed by atoms with van der Waals surface area (Å²) in [7, 11) is 0. The maximum Gasteiger partial charge on any atom is 0.306 e. The molecular formula is C12H10N2O6. The highest BCUT2D eigenvalue weighted by Gasteiger charge is 2.39. The van der Waals surface area contributed by atoms with E-state index < -0.39 is 27.2 Å². The minimum atomic E-state index is -2.64. The molecule has 104 valence electrons. The molecule has 0 aromatic heterocycles. The highest BCUT2D eigenvalue weighted by molar-refractivity contribution is 5.42.